The van der Waals surface area contributed by atoms with Gasteiger partial charge in [0.15, 0.2) is 0 Å². The van der Waals surface area contributed by atoms with Gasteiger partial charge in [0.05, 0.1) is 11.9 Å². The van der Waals surface area contributed by atoms with Gasteiger partial charge in [-0.2, -0.15) is 0 Å². The lowest BCUT2D eigenvalue weighted by atomic mass is 10.0. The van der Waals surface area contributed by atoms with Crippen molar-refractivity contribution in [1.82, 2.24) is 10.2 Å². The van der Waals surface area contributed by atoms with E-state index in [0.717, 1.165) is 67.0 Å². The third kappa shape index (κ3) is 11.6. The molecule has 7 nitrogen and oxygen atoms in total. The highest BCUT2D eigenvalue weighted by molar-refractivity contribution is 7.85. The topological polar surface area (TPSA) is 113 Å². The molecule has 47 heavy (non-hydrogen) atoms. The van der Waals surface area contributed by atoms with Gasteiger partial charge in [0, 0.05) is 46.8 Å². The molecular weight excluding hydrogens is 620 g/mol. The third-order valence-corrected chi connectivity index (χ3v) is 10.2. The SMILES string of the molecule is CCCC(CCC)S(=O)CC(NC(=O)c1ccccc1C)C(=O)N(Cc1cccc(CC)c1)CC(O)C(N)Cc1cc(F)cc(F)c1. The highest BCUT2D eigenvalue weighted by Crippen LogP contribution is 2.18. The maximum atomic E-state index is 14.5. The molecule has 2 amide bonds. The predicted octanol–water partition coefficient (Wildman–Crippen LogP) is 5.61. The van der Waals surface area contributed by atoms with E-state index in [9.17, 15) is 27.7 Å². The van der Waals surface area contributed by atoms with E-state index >= 15 is 0 Å². The number of halogens is 2. The second kappa shape index (κ2) is 18.8. The first-order valence-electron chi connectivity index (χ1n) is 16.4. The van der Waals surface area contributed by atoms with E-state index in [0.29, 0.717) is 5.56 Å². The fourth-order valence-corrected chi connectivity index (χ4v) is 7.53. The molecule has 4 N–H and O–H groups in total. The molecule has 3 aromatic rings. The number of carbonyl (C=O) groups is 2. The molecular formula is C37H49F2N3O4S. The summed E-state index contributed by atoms with van der Waals surface area (Å²) in [6.07, 6.45) is 2.61. The minimum absolute atomic E-state index is 0.0314. The van der Waals surface area contributed by atoms with Crippen molar-refractivity contribution in [1.29, 1.82) is 0 Å². The van der Waals surface area contributed by atoms with Crippen LogP contribution in [0.15, 0.2) is 66.7 Å². The van der Waals surface area contributed by atoms with E-state index < -0.39 is 52.4 Å². The van der Waals surface area contributed by atoms with Gasteiger partial charge in [-0.15, -0.1) is 0 Å². The Morgan fingerprint density at radius 1 is 0.915 bits per heavy atom. The molecule has 0 saturated carbocycles. The summed E-state index contributed by atoms with van der Waals surface area (Å²) in [6, 6.07) is 15.7. The van der Waals surface area contributed by atoms with Crippen LogP contribution < -0.4 is 11.1 Å². The second-order valence-corrected chi connectivity index (χ2v) is 14.0. The smallest absolute Gasteiger partial charge is 0.252 e. The van der Waals surface area contributed by atoms with Crippen LogP contribution in [0.5, 0.6) is 0 Å². The first-order chi connectivity index (χ1) is 22.4. The summed E-state index contributed by atoms with van der Waals surface area (Å²) >= 11 is 0. The molecule has 0 aliphatic carbocycles. The Balaban J connectivity index is 1.96. The van der Waals surface area contributed by atoms with E-state index in [-0.39, 0.29) is 36.1 Å². The van der Waals surface area contributed by atoms with Gasteiger partial charge in [0.2, 0.25) is 5.91 Å². The summed E-state index contributed by atoms with van der Waals surface area (Å²) in [7, 11) is -1.43. The van der Waals surface area contributed by atoms with Crippen molar-refractivity contribution in [3.63, 3.8) is 0 Å². The number of hydrogen-bond acceptors (Lipinski definition) is 5. The Morgan fingerprint density at radius 2 is 1.55 bits per heavy atom. The highest BCUT2D eigenvalue weighted by Gasteiger charge is 2.32. The predicted molar refractivity (Wildman–Crippen MR) is 184 cm³/mol. The first kappa shape index (κ1) is 38.0. The Morgan fingerprint density at radius 3 is 2.17 bits per heavy atom. The molecule has 0 radical (unpaired) electrons. The number of benzene rings is 3. The van der Waals surface area contributed by atoms with Crippen LogP contribution in [0.1, 0.15) is 79.1 Å². The minimum atomic E-state index is -1.43. The number of nitrogens with zero attached hydrogens (tertiary/aromatic N) is 1. The molecule has 3 aromatic carbocycles. The highest BCUT2D eigenvalue weighted by atomic mass is 32.2. The summed E-state index contributed by atoms with van der Waals surface area (Å²) in [4.78, 5) is 29.4. The quantitative estimate of drug-likeness (QED) is 0.163. The van der Waals surface area contributed by atoms with Gasteiger partial charge < -0.3 is 21.1 Å². The number of rotatable bonds is 18. The van der Waals surface area contributed by atoms with Crippen LogP contribution in [0.4, 0.5) is 8.78 Å². The van der Waals surface area contributed by atoms with E-state index in [1.807, 2.05) is 51.1 Å². The van der Waals surface area contributed by atoms with E-state index in [1.165, 1.54) is 4.90 Å². The van der Waals surface area contributed by atoms with E-state index in [4.69, 9.17) is 5.73 Å². The molecule has 4 atom stereocenters. The third-order valence-electron chi connectivity index (χ3n) is 8.30. The molecule has 0 bridgehead atoms. The normalized spacial score (nSPS) is 14.0. The Labute approximate surface area is 280 Å². The van der Waals surface area contributed by atoms with Crippen LogP contribution in [0.25, 0.3) is 0 Å². The summed E-state index contributed by atoms with van der Waals surface area (Å²) in [6.45, 7) is 7.76. The molecule has 0 aliphatic rings. The molecule has 256 valence electrons. The average Bonchev–Trinajstić information content (AvgIpc) is 3.03. The molecule has 0 aromatic heterocycles. The van der Waals surface area contributed by atoms with Crippen LogP contribution >= 0.6 is 0 Å². The van der Waals surface area contributed by atoms with Crippen molar-refractivity contribution in [2.45, 2.75) is 96.2 Å². The monoisotopic (exact) mass is 669 g/mol. The number of nitrogens with two attached hydrogens (primary N) is 1. The van der Waals surface area contributed by atoms with Crippen LogP contribution in [0, 0.1) is 18.6 Å². The fraction of sp³-hybridized carbons (Fsp3) is 0.459. The average molecular weight is 670 g/mol. The lowest BCUT2D eigenvalue weighted by Crippen LogP contribution is -2.54. The van der Waals surface area contributed by atoms with Crippen LogP contribution in [0.2, 0.25) is 0 Å². The number of nitrogens with one attached hydrogen (secondary N) is 1. The van der Waals surface area contributed by atoms with Crippen LogP contribution in [-0.4, -0.2) is 61.8 Å². The van der Waals surface area contributed by atoms with E-state index in [2.05, 4.69) is 5.32 Å². The van der Waals surface area contributed by atoms with Gasteiger partial charge in [0.25, 0.3) is 5.91 Å². The zero-order valence-electron chi connectivity index (χ0n) is 27.9. The van der Waals surface area contributed by atoms with E-state index in [1.54, 1.807) is 25.1 Å². The number of amides is 2. The summed E-state index contributed by atoms with van der Waals surface area (Å²) in [5, 5.41) is 14.0. The zero-order valence-corrected chi connectivity index (χ0v) is 28.7. The Kier molecular flexibility index (Phi) is 15.2. The number of aliphatic hydroxyl groups excluding tert-OH is 1. The number of aryl methyl sites for hydroxylation is 2. The molecule has 3 rings (SSSR count). The van der Waals surface area contributed by atoms with Crippen molar-refractivity contribution in [3.05, 3.63) is 106 Å². The lowest BCUT2D eigenvalue weighted by molar-refractivity contribution is -0.135. The number of carbonyl (C=O) groups excluding carboxylic acids is 2. The minimum Gasteiger partial charge on any atom is -0.390 e. The van der Waals surface area contributed by atoms with Crippen molar-refractivity contribution < 1.29 is 27.7 Å². The lowest BCUT2D eigenvalue weighted by Gasteiger charge is -2.32. The molecule has 0 saturated heterocycles. The Hall–Kier alpha value is -3.47. The fourth-order valence-electron chi connectivity index (χ4n) is 5.71. The summed E-state index contributed by atoms with van der Waals surface area (Å²) in [5.74, 6) is -2.55. The van der Waals surface area contributed by atoms with Crippen molar-refractivity contribution in [3.8, 4) is 0 Å². The standard InChI is InChI=1S/C37H49F2N3O4S/c1-5-11-31(12-6-2)47(46)24-34(41-36(44)32-16-9-8-13-25(32)4)37(45)42(22-27-15-10-14-26(7-3)17-27)23-35(43)33(40)20-28-18-29(38)21-30(39)19-28/h8-10,13-19,21,31,33-35,43H,5-7,11-12,20,22-24,40H2,1-4H3,(H,41,44). The van der Waals surface area contributed by atoms with Gasteiger partial charge >= 0.3 is 0 Å². The summed E-state index contributed by atoms with van der Waals surface area (Å²) in [5.41, 5.74) is 9.61. The largest absolute Gasteiger partial charge is 0.390 e. The molecule has 10 heteroatoms. The first-order valence-corrected chi connectivity index (χ1v) is 17.8. The summed E-state index contributed by atoms with van der Waals surface area (Å²) < 4.78 is 41.4. The van der Waals surface area contributed by atoms with Crippen LogP contribution in [-0.2, 0) is 35.0 Å². The molecule has 0 aliphatic heterocycles. The molecule has 0 heterocycles. The van der Waals surface area contributed by atoms with Gasteiger partial charge in [0.1, 0.15) is 17.7 Å². The maximum absolute atomic E-state index is 14.5. The van der Waals surface area contributed by atoms with Gasteiger partial charge in [-0.1, -0.05) is 76.1 Å². The number of hydrogen-bond donors (Lipinski definition) is 3. The molecule has 0 fully saturated rings. The van der Waals surface area contributed by atoms with Crippen LogP contribution in [0.3, 0.4) is 0 Å². The molecule has 0 spiro atoms. The second-order valence-electron chi connectivity index (χ2n) is 12.2. The van der Waals surface area contributed by atoms with Gasteiger partial charge in [-0.05, 0) is 73.1 Å². The van der Waals surface area contributed by atoms with Gasteiger partial charge in [-0.25, -0.2) is 8.78 Å². The van der Waals surface area contributed by atoms with Gasteiger partial charge in [-0.3, -0.25) is 13.8 Å². The van der Waals surface area contributed by atoms with Crippen molar-refractivity contribution in [2.24, 2.45) is 5.73 Å². The Bertz CT molecular complexity index is 1480. The molecule has 4 unspecified atom stereocenters. The number of aliphatic hydroxyl groups is 1. The maximum Gasteiger partial charge on any atom is 0.252 e. The zero-order chi connectivity index (χ0) is 34.5. The van der Waals surface area contributed by atoms with Crippen molar-refractivity contribution in [2.75, 3.05) is 12.3 Å². The van der Waals surface area contributed by atoms with Crippen molar-refractivity contribution >= 4 is 22.6 Å².